The first-order valence-corrected chi connectivity index (χ1v) is 17.8. The maximum atomic E-state index is 12.8. The zero-order valence-electron chi connectivity index (χ0n) is 27.3. The molecule has 0 bridgehead atoms. The highest BCUT2D eigenvalue weighted by molar-refractivity contribution is 5.69. The lowest BCUT2D eigenvalue weighted by Crippen LogP contribution is -2.51. The van der Waals surface area contributed by atoms with Gasteiger partial charge in [0, 0.05) is 25.7 Å². The molecule has 4 fully saturated rings. The number of hydrogen-bond donors (Lipinski definition) is 0. The standard InChI is InChI=1S/C37H64NO2/c1-27(2)12-11-13-28(3)32-17-18-33-31-16-15-29-26-30(19-21-36(29,4)34(31)20-22-37(32,33)5)40-35(39)14-7-8-23-38(6)24-9-10-25-38/h15,27-28,30-34H,7-14,16-26H2,1-6H3/q+1/t28-,30+,31+,32-,33+,34+,36+,37-/m1/s1. The summed E-state index contributed by atoms with van der Waals surface area (Å²) in [5.41, 5.74) is 2.54. The number of unbranched alkanes of at least 4 members (excludes halogenated alkanes) is 1. The third-order valence-electron chi connectivity index (χ3n) is 13.5. The van der Waals surface area contributed by atoms with Crippen molar-refractivity contribution in [1.82, 2.24) is 0 Å². The number of carbonyl (C=O) groups excluding carboxylic acids is 1. The number of ether oxygens (including phenoxy) is 1. The summed E-state index contributed by atoms with van der Waals surface area (Å²) >= 11 is 0. The molecule has 1 heterocycles. The molecule has 0 spiro atoms. The number of likely N-dealkylation sites (tertiary alicyclic amines) is 1. The van der Waals surface area contributed by atoms with Crippen molar-refractivity contribution in [2.75, 3.05) is 26.7 Å². The molecular formula is C37H64NO2+. The van der Waals surface area contributed by atoms with Crippen molar-refractivity contribution < 1.29 is 14.0 Å². The third-order valence-corrected chi connectivity index (χ3v) is 13.5. The Bertz CT molecular complexity index is 902. The third kappa shape index (κ3) is 6.26. The van der Waals surface area contributed by atoms with E-state index in [2.05, 4.69) is 47.7 Å². The normalized spacial score (nSPS) is 39.3. The van der Waals surface area contributed by atoms with Gasteiger partial charge in [-0.25, -0.2) is 0 Å². The Morgan fingerprint density at radius 2 is 1.75 bits per heavy atom. The molecule has 228 valence electrons. The second-order valence-electron chi connectivity index (χ2n) is 16.6. The highest BCUT2D eigenvalue weighted by Crippen LogP contribution is 2.67. The predicted molar refractivity (Wildman–Crippen MR) is 167 cm³/mol. The number of rotatable bonds is 11. The molecule has 0 radical (unpaired) electrons. The van der Waals surface area contributed by atoms with Crippen molar-refractivity contribution in [2.45, 2.75) is 143 Å². The lowest BCUT2D eigenvalue weighted by molar-refractivity contribution is -0.897. The monoisotopic (exact) mass is 554 g/mol. The minimum Gasteiger partial charge on any atom is -0.462 e. The highest BCUT2D eigenvalue weighted by atomic mass is 16.5. The van der Waals surface area contributed by atoms with Crippen LogP contribution in [0.3, 0.4) is 0 Å². The second-order valence-corrected chi connectivity index (χ2v) is 16.6. The van der Waals surface area contributed by atoms with Crippen molar-refractivity contribution in [3.63, 3.8) is 0 Å². The molecule has 3 nitrogen and oxygen atoms in total. The van der Waals surface area contributed by atoms with E-state index in [-0.39, 0.29) is 12.1 Å². The van der Waals surface area contributed by atoms with E-state index in [4.69, 9.17) is 4.74 Å². The first-order chi connectivity index (χ1) is 19.0. The summed E-state index contributed by atoms with van der Waals surface area (Å²) in [5.74, 6) is 5.34. The number of fused-ring (bicyclic) bond motifs is 5. The van der Waals surface area contributed by atoms with E-state index < -0.39 is 0 Å². The molecule has 5 aliphatic rings. The van der Waals surface area contributed by atoms with Crippen molar-refractivity contribution in [3.05, 3.63) is 11.6 Å². The molecule has 0 N–H and O–H groups in total. The van der Waals surface area contributed by atoms with Gasteiger partial charge in [-0.1, -0.05) is 65.5 Å². The highest BCUT2D eigenvalue weighted by Gasteiger charge is 2.59. The molecule has 3 saturated carbocycles. The zero-order valence-corrected chi connectivity index (χ0v) is 27.3. The van der Waals surface area contributed by atoms with Crippen LogP contribution in [0.15, 0.2) is 11.6 Å². The SMILES string of the molecule is CC(C)CCC[C@@H](C)[C@H]1CC[C@H]2[C@@H]3CC=C4C[C@@H](OC(=O)CCCC[N+]5(C)CCCC5)CC[C@]4(C)[C@H]3CC[C@]12C. The maximum Gasteiger partial charge on any atom is 0.306 e. The van der Waals surface area contributed by atoms with Crippen LogP contribution in [0.1, 0.15) is 137 Å². The molecule has 1 aliphatic heterocycles. The number of esters is 1. The molecule has 0 aromatic rings. The summed E-state index contributed by atoms with van der Waals surface area (Å²) in [6.07, 6.45) is 22.8. The van der Waals surface area contributed by atoms with Gasteiger partial charge in [-0.3, -0.25) is 4.79 Å². The van der Waals surface area contributed by atoms with Crippen molar-refractivity contribution >= 4 is 5.97 Å². The van der Waals surface area contributed by atoms with Gasteiger partial charge in [-0.05, 0) is 104 Å². The molecular weight excluding hydrogens is 490 g/mol. The number of allylic oxidation sites excluding steroid dienone is 1. The average molecular weight is 555 g/mol. The second kappa shape index (κ2) is 12.4. The van der Waals surface area contributed by atoms with E-state index >= 15 is 0 Å². The fraction of sp³-hybridized carbons (Fsp3) is 0.919. The van der Waals surface area contributed by atoms with E-state index in [0.29, 0.717) is 17.3 Å². The minimum absolute atomic E-state index is 0.0555. The van der Waals surface area contributed by atoms with Gasteiger partial charge in [-0.15, -0.1) is 0 Å². The summed E-state index contributed by atoms with van der Waals surface area (Å²) in [5, 5.41) is 0. The largest absolute Gasteiger partial charge is 0.462 e. The zero-order chi connectivity index (χ0) is 28.5. The van der Waals surface area contributed by atoms with E-state index in [0.717, 1.165) is 61.2 Å². The van der Waals surface area contributed by atoms with E-state index in [9.17, 15) is 4.79 Å². The van der Waals surface area contributed by atoms with Crippen LogP contribution in [0, 0.1) is 46.3 Å². The molecule has 0 amide bonds. The molecule has 40 heavy (non-hydrogen) atoms. The Morgan fingerprint density at radius 1 is 0.975 bits per heavy atom. The van der Waals surface area contributed by atoms with Crippen LogP contribution in [0.2, 0.25) is 0 Å². The Morgan fingerprint density at radius 3 is 2.50 bits per heavy atom. The Kier molecular flexibility index (Phi) is 9.51. The summed E-state index contributed by atoms with van der Waals surface area (Å²) in [6, 6.07) is 0. The van der Waals surface area contributed by atoms with Crippen molar-refractivity contribution in [3.8, 4) is 0 Å². The number of carbonyl (C=O) groups is 1. The number of quaternary nitrogens is 1. The quantitative estimate of drug-likeness (QED) is 0.110. The Labute approximate surface area is 247 Å². The smallest absolute Gasteiger partial charge is 0.306 e. The first-order valence-electron chi connectivity index (χ1n) is 17.8. The van der Waals surface area contributed by atoms with Gasteiger partial charge in [0.2, 0.25) is 0 Å². The number of hydrogen-bond acceptors (Lipinski definition) is 2. The van der Waals surface area contributed by atoms with Crippen LogP contribution >= 0.6 is 0 Å². The van der Waals surface area contributed by atoms with E-state index in [1.165, 1.54) is 94.7 Å². The maximum absolute atomic E-state index is 12.8. The summed E-state index contributed by atoms with van der Waals surface area (Å²) in [7, 11) is 2.39. The fourth-order valence-electron chi connectivity index (χ4n) is 11.1. The molecule has 8 atom stereocenters. The number of nitrogens with zero attached hydrogens (tertiary/aromatic N) is 1. The Hall–Kier alpha value is -0.830. The summed E-state index contributed by atoms with van der Waals surface area (Å²) in [4.78, 5) is 12.8. The van der Waals surface area contributed by atoms with Crippen LogP contribution in [0.4, 0.5) is 0 Å². The molecule has 0 unspecified atom stereocenters. The molecule has 1 saturated heterocycles. The molecule has 5 rings (SSSR count). The van der Waals surface area contributed by atoms with Crippen LogP contribution < -0.4 is 0 Å². The van der Waals surface area contributed by atoms with Crippen LogP contribution in [-0.2, 0) is 9.53 Å². The van der Waals surface area contributed by atoms with Gasteiger partial charge in [0.05, 0.1) is 26.7 Å². The summed E-state index contributed by atoms with van der Waals surface area (Å²) < 4.78 is 7.32. The van der Waals surface area contributed by atoms with Gasteiger partial charge in [0.15, 0.2) is 0 Å². The molecule has 4 aliphatic carbocycles. The molecule has 0 aromatic heterocycles. The van der Waals surface area contributed by atoms with Gasteiger partial charge in [0.1, 0.15) is 6.10 Å². The van der Waals surface area contributed by atoms with Crippen molar-refractivity contribution in [1.29, 1.82) is 0 Å². The first kappa shape index (κ1) is 30.6. The minimum atomic E-state index is 0.0555. The van der Waals surface area contributed by atoms with E-state index in [1.54, 1.807) is 5.57 Å². The summed E-state index contributed by atoms with van der Waals surface area (Å²) in [6.45, 7) is 16.5. The molecule has 3 heteroatoms. The van der Waals surface area contributed by atoms with Gasteiger partial charge in [-0.2, -0.15) is 0 Å². The van der Waals surface area contributed by atoms with Crippen LogP contribution in [-0.4, -0.2) is 43.2 Å². The van der Waals surface area contributed by atoms with Gasteiger partial charge in [0.25, 0.3) is 0 Å². The van der Waals surface area contributed by atoms with Crippen molar-refractivity contribution in [2.24, 2.45) is 46.3 Å². The van der Waals surface area contributed by atoms with Gasteiger partial charge < -0.3 is 9.22 Å². The lowest BCUT2D eigenvalue weighted by atomic mass is 9.47. The van der Waals surface area contributed by atoms with E-state index in [1.807, 2.05) is 0 Å². The Balaban J connectivity index is 1.13. The fourth-order valence-corrected chi connectivity index (χ4v) is 11.1. The van der Waals surface area contributed by atoms with Crippen LogP contribution in [0.25, 0.3) is 0 Å². The average Bonchev–Trinajstić information content (AvgIpc) is 3.50. The predicted octanol–water partition coefficient (Wildman–Crippen LogP) is 9.35. The molecule has 0 aromatic carbocycles. The van der Waals surface area contributed by atoms with Gasteiger partial charge >= 0.3 is 5.97 Å². The van der Waals surface area contributed by atoms with Crippen LogP contribution in [0.5, 0.6) is 0 Å². The lowest BCUT2D eigenvalue weighted by Gasteiger charge is -2.58. The topological polar surface area (TPSA) is 26.3 Å².